The normalized spacial score (nSPS) is 10.7. The standard InChI is InChI=1S/C19H17NO3/c1-15-7-9-16(10-8-15)13-17(14-20)19(21)23-12-11-22-18-5-3-2-4-6-18/h2-10,13H,11-12H2,1H3/b17-13+. The molecule has 0 aliphatic carbocycles. The molecule has 4 nitrogen and oxygen atoms in total. The summed E-state index contributed by atoms with van der Waals surface area (Å²) in [4.78, 5) is 11.9. The van der Waals surface area contributed by atoms with Gasteiger partial charge in [0.2, 0.25) is 0 Å². The largest absolute Gasteiger partial charge is 0.490 e. The van der Waals surface area contributed by atoms with Crippen LogP contribution in [0.4, 0.5) is 0 Å². The number of para-hydroxylation sites is 1. The number of hydrogen-bond acceptors (Lipinski definition) is 4. The molecule has 2 aromatic carbocycles. The molecular weight excluding hydrogens is 290 g/mol. The van der Waals surface area contributed by atoms with Gasteiger partial charge in [-0.15, -0.1) is 0 Å². The van der Waals surface area contributed by atoms with Crippen LogP contribution in [0.3, 0.4) is 0 Å². The van der Waals surface area contributed by atoms with Crippen LogP contribution in [0.25, 0.3) is 6.08 Å². The van der Waals surface area contributed by atoms with E-state index in [1.807, 2.05) is 67.6 Å². The first kappa shape index (κ1) is 16.3. The van der Waals surface area contributed by atoms with Crippen molar-refractivity contribution in [3.8, 4) is 11.8 Å². The van der Waals surface area contributed by atoms with Gasteiger partial charge < -0.3 is 9.47 Å². The lowest BCUT2D eigenvalue weighted by Crippen LogP contribution is -2.13. The fourth-order valence-corrected chi connectivity index (χ4v) is 1.85. The first-order chi connectivity index (χ1) is 11.2. The van der Waals surface area contributed by atoms with Crippen molar-refractivity contribution in [2.75, 3.05) is 13.2 Å². The second-order valence-electron chi connectivity index (χ2n) is 4.88. The molecule has 0 heterocycles. The van der Waals surface area contributed by atoms with Crippen LogP contribution in [-0.2, 0) is 9.53 Å². The highest BCUT2D eigenvalue weighted by molar-refractivity contribution is 5.97. The van der Waals surface area contributed by atoms with E-state index in [9.17, 15) is 4.79 Å². The van der Waals surface area contributed by atoms with Crippen LogP contribution in [0.1, 0.15) is 11.1 Å². The fraction of sp³-hybridized carbons (Fsp3) is 0.158. The molecule has 0 bridgehead atoms. The molecule has 0 saturated heterocycles. The molecule has 0 unspecified atom stereocenters. The number of ether oxygens (including phenoxy) is 2. The SMILES string of the molecule is Cc1ccc(/C=C(\C#N)C(=O)OCCOc2ccccc2)cc1. The first-order valence-electron chi connectivity index (χ1n) is 7.22. The summed E-state index contributed by atoms with van der Waals surface area (Å²) < 4.78 is 10.5. The van der Waals surface area contributed by atoms with Gasteiger partial charge in [0.15, 0.2) is 0 Å². The van der Waals surface area contributed by atoms with Gasteiger partial charge in [-0.2, -0.15) is 5.26 Å². The summed E-state index contributed by atoms with van der Waals surface area (Å²) in [6.07, 6.45) is 1.51. The van der Waals surface area contributed by atoms with Crippen molar-refractivity contribution in [3.05, 3.63) is 71.3 Å². The number of esters is 1. The molecule has 0 aromatic heterocycles. The quantitative estimate of drug-likeness (QED) is 0.354. The van der Waals surface area contributed by atoms with E-state index >= 15 is 0 Å². The molecule has 0 amide bonds. The van der Waals surface area contributed by atoms with E-state index < -0.39 is 5.97 Å². The molecule has 0 saturated carbocycles. The molecule has 0 N–H and O–H groups in total. The van der Waals surface area contributed by atoms with E-state index in [0.29, 0.717) is 5.75 Å². The van der Waals surface area contributed by atoms with Crippen molar-refractivity contribution in [1.29, 1.82) is 5.26 Å². The van der Waals surface area contributed by atoms with Crippen molar-refractivity contribution in [3.63, 3.8) is 0 Å². The highest BCUT2D eigenvalue weighted by Crippen LogP contribution is 2.10. The number of nitriles is 1. The van der Waals surface area contributed by atoms with Gasteiger partial charge >= 0.3 is 5.97 Å². The van der Waals surface area contributed by atoms with Crippen LogP contribution in [0.2, 0.25) is 0 Å². The van der Waals surface area contributed by atoms with Crippen molar-refractivity contribution in [2.24, 2.45) is 0 Å². The summed E-state index contributed by atoms with van der Waals surface area (Å²) in [5.74, 6) is 0.0592. The molecule has 0 atom stereocenters. The van der Waals surface area contributed by atoms with E-state index in [0.717, 1.165) is 11.1 Å². The Hall–Kier alpha value is -3.06. The maximum Gasteiger partial charge on any atom is 0.349 e. The second kappa shape index (κ2) is 8.40. The number of rotatable bonds is 6. The highest BCUT2D eigenvalue weighted by atomic mass is 16.6. The number of nitrogens with zero attached hydrogens (tertiary/aromatic N) is 1. The molecule has 0 spiro atoms. The van der Waals surface area contributed by atoms with E-state index in [2.05, 4.69) is 0 Å². The fourth-order valence-electron chi connectivity index (χ4n) is 1.85. The third kappa shape index (κ3) is 5.33. The van der Waals surface area contributed by atoms with Crippen molar-refractivity contribution in [2.45, 2.75) is 6.92 Å². The second-order valence-corrected chi connectivity index (χ2v) is 4.88. The van der Waals surface area contributed by atoms with Gasteiger partial charge in [0.25, 0.3) is 0 Å². The predicted octanol–water partition coefficient (Wildman–Crippen LogP) is 3.52. The summed E-state index contributed by atoms with van der Waals surface area (Å²) in [6.45, 7) is 2.29. The van der Waals surface area contributed by atoms with Crippen molar-refractivity contribution in [1.82, 2.24) is 0 Å². The monoisotopic (exact) mass is 307 g/mol. The van der Waals surface area contributed by atoms with Crippen LogP contribution in [0.15, 0.2) is 60.2 Å². The van der Waals surface area contributed by atoms with Crippen LogP contribution >= 0.6 is 0 Å². The van der Waals surface area contributed by atoms with E-state index in [1.54, 1.807) is 0 Å². The highest BCUT2D eigenvalue weighted by Gasteiger charge is 2.10. The summed E-state index contributed by atoms with van der Waals surface area (Å²) in [7, 11) is 0. The lowest BCUT2D eigenvalue weighted by molar-refractivity contribution is -0.139. The lowest BCUT2D eigenvalue weighted by atomic mass is 10.1. The summed E-state index contributed by atoms with van der Waals surface area (Å²) in [5.41, 5.74) is 1.86. The molecule has 116 valence electrons. The third-order valence-corrected chi connectivity index (χ3v) is 3.06. The minimum atomic E-state index is -0.648. The summed E-state index contributed by atoms with van der Waals surface area (Å²) in [5, 5.41) is 9.10. The number of carbonyl (C=O) groups is 1. The Kier molecular flexibility index (Phi) is 5.96. The number of hydrogen-bond donors (Lipinski definition) is 0. The Bertz CT molecular complexity index is 713. The zero-order valence-corrected chi connectivity index (χ0v) is 12.9. The minimum absolute atomic E-state index is 0.0337. The Morgan fingerprint density at radius 2 is 1.78 bits per heavy atom. The van der Waals surface area contributed by atoms with Gasteiger partial charge in [0.1, 0.15) is 30.6 Å². The molecule has 2 rings (SSSR count). The van der Waals surface area contributed by atoms with Gasteiger partial charge in [-0.1, -0.05) is 48.0 Å². The minimum Gasteiger partial charge on any atom is -0.490 e. The Morgan fingerprint density at radius 3 is 2.43 bits per heavy atom. The molecule has 23 heavy (non-hydrogen) atoms. The Balaban J connectivity index is 1.85. The lowest BCUT2D eigenvalue weighted by Gasteiger charge is -2.06. The number of benzene rings is 2. The predicted molar refractivity (Wildman–Crippen MR) is 87.7 cm³/mol. The van der Waals surface area contributed by atoms with E-state index in [4.69, 9.17) is 14.7 Å². The number of carbonyl (C=O) groups excluding carboxylic acids is 1. The average molecular weight is 307 g/mol. The molecule has 0 fully saturated rings. The van der Waals surface area contributed by atoms with Crippen molar-refractivity contribution >= 4 is 12.0 Å². The summed E-state index contributed by atoms with van der Waals surface area (Å²) >= 11 is 0. The number of aryl methyl sites for hydroxylation is 1. The maximum atomic E-state index is 11.9. The van der Waals surface area contributed by atoms with Gasteiger partial charge in [-0.05, 0) is 30.7 Å². The average Bonchev–Trinajstić information content (AvgIpc) is 2.59. The molecule has 2 aromatic rings. The smallest absolute Gasteiger partial charge is 0.349 e. The molecule has 4 heteroatoms. The molecule has 0 radical (unpaired) electrons. The molecular formula is C19H17NO3. The first-order valence-corrected chi connectivity index (χ1v) is 7.22. The van der Waals surface area contributed by atoms with Gasteiger partial charge in [0.05, 0.1) is 0 Å². The maximum absolute atomic E-state index is 11.9. The zero-order valence-electron chi connectivity index (χ0n) is 12.9. The van der Waals surface area contributed by atoms with Gasteiger partial charge in [0, 0.05) is 0 Å². The Morgan fingerprint density at radius 1 is 1.09 bits per heavy atom. The van der Waals surface area contributed by atoms with Crippen LogP contribution in [0.5, 0.6) is 5.75 Å². The zero-order chi connectivity index (χ0) is 16.5. The molecule has 0 aliphatic rings. The summed E-state index contributed by atoms with van der Waals surface area (Å²) in [6, 6.07) is 18.6. The van der Waals surface area contributed by atoms with Crippen LogP contribution in [-0.4, -0.2) is 19.2 Å². The van der Waals surface area contributed by atoms with E-state index in [1.165, 1.54) is 6.08 Å². The van der Waals surface area contributed by atoms with Crippen LogP contribution in [0, 0.1) is 18.3 Å². The van der Waals surface area contributed by atoms with E-state index in [-0.39, 0.29) is 18.8 Å². The van der Waals surface area contributed by atoms with Gasteiger partial charge in [-0.3, -0.25) is 0 Å². The van der Waals surface area contributed by atoms with Crippen LogP contribution < -0.4 is 4.74 Å². The van der Waals surface area contributed by atoms with Crippen molar-refractivity contribution < 1.29 is 14.3 Å². The van der Waals surface area contributed by atoms with Gasteiger partial charge in [-0.25, -0.2) is 4.79 Å². The third-order valence-electron chi connectivity index (χ3n) is 3.06. The topological polar surface area (TPSA) is 59.3 Å². The Labute approximate surface area is 135 Å². The molecule has 0 aliphatic heterocycles.